The van der Waals surface area contributed by atoms with Crippen LogP contribution in [-0.2, 0) is 6.42 Å². The molecule has 0 bridgehead atoms. The number of rotatable bonds is 5. The summed E-state index contributed by atoms with van der Waals surface area (Å²) in [5, 5.41) is 12.9. The molecule has 2 aromatic carbocycles. The van der Waals surface area contributed by atoms with Crippen molar-refractivity contribution in [2.24, 2.45) is 0 Å². The molecule has 2 heterocycles. The van der Waals surface area contributed by atoms with E-state index in [1.54, 1.807) is 36.7 Å². The highest BCUT2D eigenvalue weighted by Crippen LogP contribution is 2.37. The lowest BCUT2D eigenvalue weighted by Crippen LogP contribution is -2.35. The molecule has 2 amide bonds. The number of phenols is 1. The number of halogens is 2. The monoisotopic (exact) mass is 485 g/mol. The largest absolute Gasteiger partial charge is 0.505 e. The Bertz CT molecular complexity index is 1270. The van der Waals surface area contributed by atoms with E-state index in [9.17, 15) is 9.90 Å². The molecule has 0 atom stereocenters. The Morgan fingerprint density at radius 2 is 1.84 bits per heavy atom. The highest BCUT2D eigenvalue weighted by molar-refractivity contribution is 7.82. The second kappa shape index (κ2) is 9.60. The minimum atomic E-state index is -0.417. The zero-order valence-corrected chi connectivity index (χ0v) is 18.9. The number of carbonyl (C=O) groups excluding carboxylic acids is 1. The molecule has 4 aromatic rings. The van der Waals surface area contributed by atoms with Gasteiger partial charge in [0.05, 0.1) is 27.3 Å². The van der Waals surface area contributed by atoms with E-state index in [0.717, 1.165) is 15.4 Å². The fraction of sp³-hybridized carbons (Fsp3) is 0.0909. The van der Waals surface area contributed by atoms with Crippen molar-refractivity contribution in [1.29, 1.82) is 0 Å². The first-order chi connectivity index (χ1) is 15.4. The maximum Gasteiger partial charge on any atom is 0.333 e. The van der Waals surface area contributed by atoms with Crippen molar-refractivity contribution in [3.63, 3.8) is 0 Å². The summed E-state index contributed by atoms with van der Waals surface area (Å²) in [5.41, 5.74) is 3.71. The number of hydrogen-bond donors (Lipinski definition) is 3. The lowest BCUT2D eigenvalue weighted by Gasteiger charge is -2.16. The van der Waals surface area contributed by atoms with Crippen LogP contribution in [0.15, 0.2) is 61.1 Å². The number of aromatic nitrogens is 3. The number of aromatic hydroxyl groups is 1. The van der Waals surface area contributed by atoms with E-state index < -0.39 is 6.03 Å². The Balaban J connectivity index is 1.52. The van der Waals surface area contributed by atoms with Gasteiger partial charge in [0.2, 0.25) is 0 Å². The summed E-state index contributed by atoms with van der Waals surface area (Å²) in [6.45, 7) is 0.426. The molecule has 10 heteroatoms. The number of nitrogens with one attached hydrogen (secondary N) is 1. The lowest BCUT2D eigenvalue weighted by atomic mass is 10.0. The number of hydrogen-bond acceptors (Lipinski definition) is 6. The van der Waals surface area contributed by atoms with Crippen molar-refractivity contribution in [3.8, 4) is 16.9 Å². The summed E-state index contributed by atoms with van der Waals surface area (Å²) >= 11 is 16.4. The van der Waals surface area contributed by atoms with Crippen molar-refractivity contribution in [3.05, 3.63) is 76.7 Å². The Kier molecular flexibility index (Phi) is 6.64. The molecule has 2 N–H and O–H groups in total. The van der Waals surface area contributed by atoms with Crippen LogP contribution in [0, 0.1) is 0 Å². The average Bonchev–Trinajstić information content (AvgIpc) is 2.81. The van der Waals surface area contributed by atoms with Crippen LogP contribution in [-0.4, -0.2) is 32.6 Å². The molecule has 0 saturated carbocycles. The van der Waals surface area contributed by atoms with E-state index in [1.807, 2.05) is 18.2 Å². The molecule has 162 valence electrons. The van der Waals surface area contributed by atoms with E-state index in [4.69, 9.17) is 23.2 Å². The molecule has 0 spiro atoms. The van der Waals surface area contributed by atoms with Crippen LogP contribution in [0.5, 0.6) is 5.75 Å². The molecule has 0 unspecified atom stereocenters. The van der Waals surface area contributed by atoms with Gasteiger partial charge >= 0.3 is 6.03 Å². The number of benzene rings is 2. The molecular formula is C22H17Cl2N5O2S. The molecule has 0 aliphatic carbocycles. The summed E-state index contributed by atoms with van der Waals surface area (Å²) in [6.07, 6.45) is 5.58. The number of pyridine rings is 1. The van der Waals surface area contributed by atoms with E-state index in [0.29, 0.717) is 29.6 Å². The van der Waals surface area contributed by atoms with Crippen LogP contribution in [0.2, 0.25) is 10.0 Å². The fourth-order valence-corrected chi connectivity index (χ4v) is 3.71. The first kappa shape index (κ1) is 22.1. The summed E-state index contributed by atoms with van der Waals surface area (Å²) in [7, 11) is 0. The van der Waals surface area contributed by atoms with Gasteiger partial charge in [-0.3, -0.25) is 9.97 Å². The van der Waals surface area contributed by atoms with Gasteiger partial charge in [-0.1, -0.05) is 48.1 Å². The number of nitrogens with zero attached hydrogens (tertiary/aromatic N) is 4. The molecule has 0 aliphatic heterocycles. The SMILES string of the molecule is O=C(NCCc1cccnc1)N(S)c1cnc2ccc(-c3cc(Cl)c(O)c(Cl)c3)cc2n1. The van der Waals surface area contributed by atoms with Gasteiger partial charge in [-0.25, -0.2) is 14.1 Å². The number of thiol groups is 1. The van der Waals surface area contributed by atoms with Crippen molar-refractivity contribution in [2.45, 2.75) is 6.42 Å². The van der Waals surface area contributed by atoms with Gasteiger partial charge in [-0.15, -0.1) is 0 Å². The average molecular weight is 486 g/mol. The van der Waals surface area contributed by atoms with E-state index in [2.05, 4.69) is 33.1 Å². The van der Waals surface area contributed by atoms with Crippen LogP contribution in [0.25, 0.3) is 22.2 Å². The highest BCUT2D eigenvalue weighted by atomic mass is 35.5. The summed E-state index contributed by atoms with van der Waals surface area (Å²) in [5.74, 6) is 0.110. The van der Waals surface area contributed by atoms with Gasteiger partial charge in [0, 0.05) is 18.9 Å². The third-order valence-corrected chi connectivity index (χ3v) is 5.66. The zero-order valence-electron chi connectivity index (χ0n) is 16.5. The molecule has 32 heavy (non-hydrogen) atoms. The summed E-state index contributed by atoms with van der Waals surface area (Å²) in [4.78, 5) is 25.4. The topological polar surface area (TPSA) is 91.2 Å². The Hall–Kier alpha value is -3.07. The predicted octanol–water partition coefficient (Wildman–Crippen LogP) is 5.31. The van der Waals surface area contributed by atoms with Crippen molar-refractivity contribution in [1.82, 2.24) is 20.3 Å². The van der Waals surface area contributed by atoms with Crippen LogP contribution in [0.3, 0.4) is 0 Å². The molecular weight excluding hydrogens is 469 g/mol. The number of fused-ring (bicyclic) bond motifs is 1. The standard InChI is InChI=1S/C22H17Cl2N5O2S/c23-16-8-15(9-17(24)21(16)30)14-3-4-18-19(10-14)28-20(12-27-18)29(32)22(31)26-7-5-13-2-1-6-25-11-13/h1-4,6,8-12,30,32H,5,7H2,(H,26,31). The molecule has 0 aliphatic rings. The minimum absolute atomic E-state index is 0.150. The lowest BCUT2D eigenvalue weighted by molar-refractivity contribution is 0.250. The van der Waals surface area contributed by atoms with Gasteiger partial charge in [-0.2, -0.15) is 0 Å². The van der Waals surface area contributed by atoms with Crippen LogP contribution >= 0.6 is 36.0 Å². The van der Waals surface area contributed by atoms with Crippen LogP contribution < -0.4 is 9.62 Å². The highest BCUT2D eigenvalue weighted by Gasteiger charge is 2.15. The van der Waals surface area contributed by atoms with E-state index in [-0.39, 0.29) is 21.6 Å². The predicted molar refractivity (Wildman–Crippen MR) is 129 cm³/mol. The maximum atomic E-state index is 12.5. The van der Waals surface area contributed by atoms with Gasteiger partial charge in [-0.05, 0) is 53.4 Å². The van der Waals surface area contributed by atoms with Crippen molar-refractivity contribution < 1.29 is 9.90 Å². The Morgan fingerprint density at radius 1 is 1.06 bits per heavy atom. The first-order valence-corrected chi connectivity index (χ1v) is 10.7. The number of phenolic OH excluding ortho intramolecular Hbond substituents is 1. The molecule has 0 radical (unpaired) electrons. The second-order valence-electron chi connectivity index (χ2n) is 6.88. The Morgan fingerprint density at radius 3 is 2.56 bits per heavy atom. The molecule has 7 nitrogen and oxygen atoms in total. The number of carbonyl (C=O) groups is 1. The molecule has 0 fully saturated rings. The van der Waals surface area contributed by atoms with Crippen molar-refractivity contribution >= 4 is 58.9 Å². The zero-order chi connectivity index (χ0) is 22.7. The van der Waals surface area contributed by atoms with Crippen LogP contribution in [0.1, 0.15) is 5.56 Å². The third-order valence-electron chi connectivity index (χ3n) is 4.70. The fourth-order valence-electron chi connectivity index (χ4n) is 3.05. The minimum Gasteiger partial charge on any atom is -0.505 e. The van der Waals surface area contributed by atoms with E-state index >= 15 is 0 Å². The normalized spacial score (nSPS) is 10.8. The van der Waals surface area contributed by atoms with Gasteiger partial charge in [0.25, 0.3) is 0 Å². The smallest absolute Gasteiger partial charge is 0.333 e. The molecule has 2 aromatic heterocycles. The third kappa shape index (κ3) is 4.88. The quantitative estimate of drug-likeness (QED) is 0.333. The van der Waals surface area contributed by atoms with Gasteiger partial charge in [0.1, 0.15) is 0 Å². The summed E-state index contributed by atoms with van der Waals surface area (Å²) < 4.78 is 1.11. The Labute approximate surface area is 199 Å². The summed E-state index contributed by atoms with van der Waals surface area (Å²) in [6, 6.07) is 12.0. The molecule has 0 saturated heterocycles. The van der Waals surface area contributed by atoms with Gasteiger partial charge < -0.3 is 10.4 Å². The maximum absolute atomic E-state index is 12.5. The number of anilines is 1. The van der Waals surface area contributed by atoms with E-state index in [1.165, 1.54) is 6.20 Å². The van der Waals surface area contributed by atoms with Gasteiger partial charge in [0.15, 0.2) is 11.6 Å². The van der Waals surface area contributed by atoms with Crippen molar-refractivity contribution in [2.75, 3.05) is 10.8 Å². The number of amides is 2. The van der Waals surface area contributed by atoms with Crippen LogP contribution in [0.4, 0.5) is 10.6 Å². The second-order valence-corrected chi connectivity index (χ2v) is 8.09. The first-order valence-electron chi connectivity index (χ1n) is 9.53. The molecule has 4 rings (SSSR count). The number of urea groups is 1.